The third kappa shape index (κ3) is 3.60. The Labute approximate surface area is 127 Å². The fraction of sp³-hybridized carbons (Fsp3) is 0.538. The predicted octanol–water partition coefficient (Wildman–Crippen LogP) is 2.42. The molecule has 3 rings (SSSR count). The largest absolute Gasteiger partial charge is 0.361 e. The number of anilines is 2. The lowest BCUT2D eigenvalue weighted by molar-refractivity contribution is 0.391. The normalized spacial score (nSPS) is 15.2. The van der Waals surface area contributed by atoms with Crippen LogP contribution in [0, 0.1) is 6.92 Å². The molecular formula is C13H17ClN6O. The lowest BCUT2D eigenvalue weighted by atomic mass is 10.1. The molecule has 0 unspecified atom stereocenters. The topological polar surface area (TPSA) is 80.0 Å². The maximum Gasteiger partial charge on any atom is 0.231 e. The van der Waals surface area contributed by atoms with Crippen molar-refractivity contribution in [1.82, 2.24) is 20.1 Å². The van der Waals surface area contributed by atoms with Crippen molar-refractivity contribution < 1.29 is 4.52 Å². The zero-order valence-electron chi connectivity index (χ0n) is 11.8. The summed E-state index contributed by atoms with van der Waals surface area (Å²) in [6, 6.07) is 1.86. The number of aromatic nitrogens is 4. The first-order valence-electron chi connectivity index (χ1n) is 7.03. The van der Waals surface area contributed by atoms with Crippen LogP contribution in [0.1, 0.15) is 30.7 Å². The van der Waals surface area contributed by atoms with Gasteiger partial charge in [-0.05, 0) is 37.8 Å². The summed E-state index contributed by atoms with van der Waals surface area (Å²) in [5, 5.41) is 7.21. The van der Waals surface area contributed by atoms with Crippen LogP contribution in [0.15, 0.2) is 10.6 Å². The number of nitrogens with one attached hydrogen (secondary N) is 1. The number of nitrogens with zero attached hydrogens (tertiary/aromatic N) is 5. The van der Waals surface area contributed by atoms with Crippen LogP contribution in [-0.2, 0) is 6.54 Å². The Kier molecular flexibility index (Phi) is 4.19. The number of aryl methyl sites for hydroxylation is 1. The molecule has 0 aliphatic carbocycles. The van der Waals surface area contributed by atoms with E-state index in [1.807, 2.05) is 13.0 Å². The van der Waals surface area contributed by atoms with E-state index in [2.05, 4.69) is 30.3 Å². The molecule has 21 heavy (non-hydrogen) atoms. The van der Waals surface area contributed by atoms with Crippen LogP contribution in [0.4, 0.5) is 11.9 Å². The Morgan fingerprint density at radius 3 is 2.76 bits per heavy atom. The van der Waals surface area contributed by atoms with Crippen LogP contribution < -0.4 is 10.2 Å². The summed E-state index contributed by atoms with van der Waals surface area (Å²) in [6.45, 7) is 4.26. The standard InChI is InChI=1S/C13H17ClN6O/c1-9-7-10(19-21-9)8-15-12-16-11(14)17-13(18-12)20-5-3-2-4-6-20/h7H,2-6,8H2,1H3,(H,15,16,17,18). The van der Waals surface area contributed by atoms with Crippen molar-refractivity contribution in [2.24, 2.45) is 0 Å². The number of piperidine rings is 1. The molecule has 0 bridgehead atoms. The van der Waals surface area contributed by atoms with E-state index in [1.54, 1.807) is 0 Å². The smallest absolute Gasteiger partial charge is 0.231 e. The van der Waals surface area contributed by atoms with Crippen molar-refractivity contribution in [3.05, 3.63) is 22.8 Å². The van der Waals surface area contributed by atoms with Crippen molar-refractivity contribution in [3.63, 3.8) is 0 Å². The second-order valence-electron chi connectivity index (χ2n) is 5.06. The van der Waals surface area contributed by atoms with Crippen LogP contribution >= 0.6 is 11.6 Å². The van der Waals surface area contributed by atoms with E-state index in [1.165, 1.54) is 6.42 Å². The van der Waals surface area contributed by atoms with E-state index in [0.29, 0.717) is 18.4 Å². The first-order valence-corrected chi connectivity index (χ1v) is 7.41. The summed E-state index contributed by atoms with van der Waals surface area (Å²) < 4.78 is 5.02. The summed E-state index contributed by atoms with van der Waals surface area (Å²) in [7, 11) is 0. The Bertz CT molecular complexity index is 610. The van der Waals surface area contributed by atoms with E-state index >= 15 is 0 Å². The highest BCUT2D eigenvalue weighted by atomic mass is 35.5. The van der Waals surface area contributed by atoms with Gasteiger partial charge in [0.1, 0.15) is 11.5 Å². The summed E-state index contributed by atoms with van der Waals surface area (Å²) >= 11 is 5.99. The van der Waals surface area contributed by atoms with Crippen LogP contribution in [0.5, 0.6) is 0 Å². The van der Waals surface area contributed by atoms with Crippen LogP contribution in [0.2, 0.25) is 5.28 Å². The van der Waals surface area contributed by atoms with Gasteiger partial charge in [-0.1, -0.05) is 5.16 Å². The van der Waals surface area contributed by atoms with Gasteiger partial charge in [-0.15, -0.1) is 0 Å². The molecule has 1 saturated heterocycles. The fourth-order valence-corrected chi connectivity index (χ4v) is 2.48. The van der Waals surface area contributed by atoms with Gasteiger partial charge in [0.25, 0.3) is 0 Å². The monoisotopic (exact) mass is 308 g/mol. The number of hydrogen-bond acceptors (Lipinski definition) is 7. The molecule has 0 saturated carbocycles. The predicted molar refractivity (Wildman–Crippen MR) is 79.5 cm³/mol. The third-order valence-electron chi connectivity index (χ3n) is 3.34. The maximum absolute atomic E-state index is 5.99. The fourth-order valence-electron chi connectivity index (χ4n) is 2.32. The van der Waals surface area contributed by atoms with E-state index in [0.717, 1.165) is 37.4 Å². The van der Waals surface area contributed by atoms with Crippen molar-refractivity contribution in [3.8, 4) is 0 Å². The van der Waals surface area contributed by atoms with E-state index in [9.17, 15) is 0 Å². The second kappa shape index (κ2) is 6.26. The molecule has 1 aliphatic heterocycles. The molecule has 2 aromatic rings. The zero-order chi connectivity index (χ0) is 14.7. The van der Waals surface area contributed by atoms with E-state index in [-0.39, 0.29) is 5.28 Å². The highest BCUT2D eigenvalue weighted by molar-refractivity contribution is 6.28. The molecule has 1 N–H and O–H groups in total. The molecule has 0 spiro atoms. The van der Waals surface area contributed by atoms with Gasteiger partial charge in [-0.25, -0.2) is 0 Å². The van der Waals surface area contributed by atoms with Gasteiger partial charge in [0, 0.05) is 19.2 Å². The highest BCUT2D eigenvalue weighted by Gasteiger charge is 2.15. The van der Waals surface area contributed by atoms with Crippen LogP contribution in [0.25, 0.3) is 0 Å². The first kappa shape index (κ1) is 14.1. The summed E-state index contributed by atoms with van der Waals surface area (Å²) in [5.41, 5.74) is 0.795. The third-order valence-corrected chi connectivity index (χ3v) is 3.51. The summed E-state index contributed by atoms with van der Waals surface area (Å²) in [6.07, 6.45) is 3.57. The van der Waals surface area contributed by atoms with Gasteiger partial charge in [0.05, 0.1) is 6.54 Å². The molecule has 0 aromatic carbocycles. The quantitative estimate of drug-likeness (QED) is 0.929. The van der Waals surface area contributed by atoms with Gasteiger partial charge in [-0.3, -0.25) is 0 Å². The minimum Gasteiger partial charge on any atom is -0.361 e. The summed E-state index contributed by atoms with van der Waals surface area (Å²) in [5.74, 6) is 1.86. The van der Waals surface area contributed by atoms with Crippen LogP contribution in [0.3, 0.4) is 0 Å². The first-order chi connectivity index (χ1) is 10.2. The SMILES string of the molecule is Cc1cc(CNc2nc(Cl)nc(N3CCCCC3)n2)no1. The van der Waals surface area contributed by atoms with E-state index in [4.69, 9.17) is 16.1 Å². The van der Waals surface area contributed by atoms with Gasteiger partial charge < -0.3 is 14.7 Å². The van der Waals surface area contributed by atoms with Crippen molar-refractivity contribution >= 4 is 23.5 Å². The van der Waals surface area contributed by atoms with Crippen molar-refractivity contribution in [2.75, 3.05) is 23.3 Å². The molecule has 8 heteroatoms. The van der Waals surface area contributed by atoms with Crippen molar-refractivity contribution in [2.45, 2.75) is 32.7 Å². The summed E-state index contributed by atoms with van der Waals surface area (Å²) in [4.78, 5) is 14.9. The molecule has 1 fully saturated rings. The molecule has 0 radical (unpaired) electrons. The Morgan fingerprint density at radius 1 is 1.24 bits per heavy atom. The molecule has 7 nitrogen and oxygen atoms in total. The minimum absolute atomic E-state index is 0.199. The zero-order valence-corrected chi connectivity index (χ0v) is 12.6. The van der Waals surface area contributed by atoms with Crippen molar-refractivity contribution in [1.29, 1.82) is 0 Å². The lowest BCUT2D eigenvalue weighted by Gasteiger charge is -2.26. The number of hydrogen-bond donors (Lipinski definition) is 1. The molecule has 0 atom stereocenters. The van der Waals surface area contributed by atoms with Crippen LogP contribution in [-0.4, -0.2) is 33.2 Å². The van der Waals surface area contributed by atoms with Gasteiger partial charge in [0.2, 0.25) is 17.2 Å². The van der Waals surface area contributed by atoms with Gasteiger partial charge in [-0.2, -0.15) is 15.0 Å². The molecule has 1 aliphatic rings. The molecule has 0 amide bonds. The molecule has 112 valence electrons. The minimum atomic E-state index is 0.199. The Hall–Kier alpha value is -1.89. The second-order valence-corrected chi connectivity index (χ2v) is 5.40. The van der Waals surface area contributed by atoms with Gasteiger partial charge >= 0.3 is 0 Å². The van der Waals surface area contributed by atoms with E-state index < -0.39 is 0 Å². The number of halogens is 1. The average Bonchev–Trinajstić information content (AvgIpc) is 2.91. The maximum atomic E-state index is 5.99. The molecule has 2 aromatic heterocycles. The average molecular weight is 309 g/mol. The molecular weight excluding hydrogens is 292 g/mol. The Morgan fingerprint density at radius 2 is 2.05 bits per heavy atom. The van der Waals surface area contributed by atoms with Gasteiger partial charge in [0.15, 0.2) is 0 Å². The molecule has 3 heterocycles. The highest BCUT2D eigenvalue weighted by Crippen LogP contribution is 2.18. The lowest BCUT2D eigenvalue weighted by Crippen LogP contribution is -2.31. The Balaban J connectivity index is 1.71. The number of rotatable bonds is 4.